The van der Waals surface area contributed by atoms with Crippen LogP contribution in [-0.2, 0) is 17.9 Å². The Balaban J connectivity index is 1.74. The Morgan fingerprint density at radius 3 is 3.10 bits per heavy atom. The van der Waals surface area contributed by atoms with Crippen LogP contribution in [-0.4, -0.2) is 34.8 Å². The fourth-order valence-electron chi connectivity index (χ4n) is 1.73. The zero-order valence-electron chi connectivity index (χ0n) is 10.2. The first-order valence-electron chi connectivity index (χ1n) is 5.77. The second kappa shape index (κ2) is 5.31. The Hall–Kier alpha value is -2.39. The predicted molar refractivity (Wildman–Crippen MR) is 72.0 cm³/mol. The molecule has 3 aromatic rings. The standard InChI is InChI=1S/C11H10N6O2S/c18-6-7-4-17(16-13-7)5-10(19)12-8-2-1-3-9-11(8)15-20-14-9/h1-4,18H,5-6H2,(H,12,19). The molecule has 9 heteroatoms. The van der Waals surface area contributed by atoms with Crippen molar-refractivity contribution in [1.29, 1.82) is 0 Å². The summed E-state index contributed by atoms with van der Waals surface area (Å²) in [5.74, 6) is -0.250. The fraction of sp³-hybridized carbons (Fsp3) is 0.182. The van der Waals surface area contributed by atoms with Gasteiger partial charge in [0.1, 0.15) is 23.3 Å². The average molecular weight is 290 g/mol. The van der Waals surface area contributed by atoms with Gasteiger partial charge in [-0.3, -0.25) is 4.79 Å². The second-order valence-corrected chi connectivity index (χ2v) is 4.58. The van der Waals surface area contributed by atoms with E-state index in [0.717, 1.165) is 17.2 Å². The van der Waals surface area contributed by atoms with Crippen molar-refractivity contribution in [2.24, 2.45) is 0 Å². The normalized spacial score (nSPS) is 10.8. The molecule has 0 spiro atoms. The molecule has 3 rings (SSSR count). The van der Waals surface area contributed by atoms with E-state index in [1.165, 1.54) is 10.9 Å². The van der Waals surface area contributed by atoms with E-state index in [-0.39, 0.29) is 19.1 Å². The van der Waals surface area contributed by atoms with E-state index >= 15 is 0 Å². The van der Waals surface area contributed by atoms with E-state index in [1.54, 1.807) is 12.1 Å². The molecular weight excluding hydrogens is 280 g/mol. The van der Waals surface area contributed by atoms with Crippen LogP contribution in [0.5, 0.6) is 0 Å². The molecule has 0 atom stereocenters. The summed E-state index contributed by atoms with van der Waals surface area (Å²) in [6, 6.07) is 5.40. The number of amides is 1. The minimum absolute atomic E-state index is 0.0148. The first kappa shape index (κ1) is 12.6. The molecule has 0 aliphatic heterocycles. The molecule has 0 fully saturated rings. The first-order valence-corrected chi connectivity index (χ1v) is 6.50. The monoisotopic (exact) mass is 290 g/mol. The van der Waals surface area contributed by atoms with E-state index < -0.39 is 0 Å². The largest absolute Gasteiger partial charge is 0.390 e. The molecule has 20 heavy (non-hydrogen) atoms. The molecule has 0 aliphatic rings. The van der Waals surface area contributed by atoms with Crippen LogP contribution in [0.4, 0.5) is 5.69 Å². The summed E-state index contributed by atoms with van der Waals surface area (Å²) in [7, 11) is 0. The van der Waals surface area contributed by atoms with Crippen LogP contribution in [0.3, 0.4) is 0 Å². The van der Waals surface area contributed by atoms with E-state index in [1.807, 2.05) is 6.07 Å². The summed E-state index contributed by atoms with van der Waals surface area (Å²) in [5, 5.41) is 19.1. The van der Waals surface area contributed by atoms with Crippen LogP contribution in [0.15, 0.2) is 24.4 Å². The average Bonchev–Trinajstić information content (AvgIpc) is 3.07. The number of aliphatic hydroxyl groups excluding tert-OH is 1. The quantitative estimate of drug-likeness (QED) is 0.721. The molecule has 2 heterocycles. The summed E-state index contributed by atoms with van der Waals surface area (Å²) in [6.45, 7) is -0.188. The third-order valence-electron chi connectivity index (χ3n) is 2.61. The number of carbonyl (C=O) groups excluding carboxylic acids is 1. The summed E-state index contributed by atoms with van der Waals surface area (Å²) < 4.78 is 9.61. The van der Waals surface area contributed by atoms with E-state index in [0.29, 0.717) is 16.9 Å². The van der Waals surface area contributed by atoms with Crippen LogP contribution < -0.4 is 5.32 Å². The smallest absolute Gasteiger partial charge is 0.246 e. The van der Waals surface area contributed by atoms with E-state index in [2.05, 4.69) is 24.4 Å². The van der Waals surface area contributed by atoms with Gasteiger partial charge in [0.2, 0.25) is 5.91 Å². The summed E-state index contributed by atoms with van der Waals surface area (Å²) in [6.07, 6.45) is 1.52. The number of fused-ring (bicyclic) bond motifs is 1. The van der Waals surface area contributed by atoms with E-state index in [4.69, 9.17) is 5.11 Å². The number of nitrogens with one attached hydrogen (secondary N) is 1. The molecule has 0 unspecified atom stereocenters. The third-order valence-corrected chi connectivity index (χ3v) is 3.16. The molecule has 8 nitrogen and oxygen atoms in total. The van der Waals surface area contributed by atoms with Gasteiger partial charge in [0.05, 0.1) is 30.2 Å². The van der Waals surface area contributed by atoms with Gasteiger partial charge in [0.25, 0.3) is 0 Å². The lowest BCUT2D eigenvalue weighted by atomic mass is 10.2. The molecular formula is C11H10N6O2S. The Kier molecular flexibility index (Phi) is 3.35. The van der Waals surface area contributed by atoms with Gasteiger partial charge in [-0.05, 0) is 12.1 Å². The highest BCUT2D eigenvalue weighted by molar-refractivity contribution is 7.00. The lowest BCUT2D eigenvalue weighted by Gasteiger charge is -2.05. The maximum atomic E-state index is 11.9. The predicted octanol–water partition coefficient (Wildman–Crippen LogP) is 0.414. The van der Waals surface area contributed by atoms with Crippen LogP contribution in [0.1, 0.15) is 5.69 Å². The number of benzene rings is 1. The van der Waals surface area contributed by atoms with Gasteiger partial charge in [-0.25, -0.2) is 4.68 Å². The van der Waals surface area contributed by atoms with Gasteiger partial charge in [-0.2, -0.15) is 8.75 Å². The van der Waals surface area contributed by atoms with Crippen LogP contribution in [0, 0.1) is 0 Å². The molecule has 0 radical (unpaired) electrons. The maximum Gasteiger partial charge on any atom is 0.246 e. The van der Waals surface area contributed by atoms with Crippen molar-refractivity contribution >= 4 is 34.4 Å². The molecule has 1 amide bonds. The summed E-state index contributed by atoms with van der Waals surface area (Å²) >= 11 is 1.10. The maximum absolute atomic E-state index is 11.9. The fourth-order valence-corrected chi connectivity index (χ4v) is 2.28. The molecule has 102 valence electrons. The van der Waals surface area contributed by atoms with E-state index in [9.17, 15) is 4.79 Å². The van der Waals surface area contributed by atoms with Crippen LogP contribution in [0.25, 0.3) is 11.0 Å². The Labute approximate surface area is 117 Å². The van der Waals surface area contributed by atoms with Gasteiger partial charge in [-0.1, -0.05) is 11.3 Å². The lowest BCUT2D eigenvalue weighted by molar-refractivity contribution is -0.116. The summed E-state index contributed by atoms with van der Waals surface area (Å²) in [5.41, 5.74) is 2.45. The number of anilines is 1. The van der Waals surface area contributed by atoms with Crippen molar-refractivity contribution in [2.45, 2.75) is 13.2 Å². The Morgan fingerprint density at radius 2 is 2.30 bits per heavy atom. The van der Waals surface area contributed by atoms with Crippen LogP contribution >= 0.6 is 11.7 Å². The number of hydrogen-bond acceptors (Lipinski definition) is 7. The van der Waals surface area contributed by atoms with Crippen molar-refractivity contribution in [3.63, 3.8) is 0 Å². The zero-order chi connectivity index (χ0) is 13.9. The lowest BCUT2D eigenvalue weighted by Crippen LogP contribution is -2.19. The second-order valence-electron chi connectivity index (χ2n) is 4.05. The number of hydrogen-bond donors (Lipinski definition) is 2. The number of nitrogens with zero attached hydrogens (tertiary/aromatic N) is 5. The minimum atomic E-state index is -0.250. The van der Waals surface area contributed by atoms with Gasteiger partial charge in [0, 0.05) is 0 Å². The molecule has 0 saturated heterocycles. The molecule has 2 N–H and O–H groups in total. The molecule has 2 aromatic heterocycles. The topological polar surface area (TPSA) is 106 Å². The SMILES string of the molecule is O=C(Cn1cc(CO)nn1)Nc1cccc2nsnc12. The van der Waals surface area contributed by atoms with Crippen LogP contribution in [0.2, 0.25) is 0 Å². The summed E-state index contributed by atoms with van der Waals surface area (Å²) in [4.78, 5) is 11.9. The molecule has 1 aromatic carbocycles. The third kappa shape index (κ3) is 2.49. The molecule has 0 bridgehead atoms. The Morgan fingerprint density at radius 1 is 1.40 bits per heavy atom. The minimum Gasteiger partial charge on any atom is -0.390 e. The van der Waals surface area contributed by atoms with Gasteiger partial charge in [0.15, 0.2) is 0 Å². The van der Waals surface area contributed by atoms with Gasteiger partial charge >= 0.3 is 0 Å². The first-order chi connectivity index (χ1) is 9.76. The van der Waals surface area contributed by atoms with Gasteiger partial charge < -0.3 is 10.4 Å². The highest BCUT2D eigenvalue weighted by Crippen LogP contribution is 2.20. The molecule has 0 saturated carbocycles. The number of rotatable bonds is 4. The highest BCUT2D eigenvalue weighted by atomic mass is 32.1. The molecule has 0 aliphatic carbocycles. The number of carbonyl (C=O) groups is 1. The number of aliphatic hydroxyl groups is 1. The highest BCUT2D eigenvalue weighted by Gasteiger charge is 2.10. The Bertz CT molecular complexity index is 752. The van der Waals surface area contributed by atoms with Crippen molar-refractivity contribution in [3.8, 4) is 0 Å². The number of aromatic nitrogens is 5. The van der Waals surface area contributed by atoms with Crippen molar-refractivity contribution < 1.29 is 9.90 Å². The zero-order valence-corrected chi connectivity index (χ0v) is 11.0. The van der Waals surface area contributed by atoms with Crippen molar-refractivity contribution in [1.82, 2.24) is 23.7 Å². The van der Waals surface area contributed by atoms with Gasteiger partial charge in [-0.15, -0.1) is 5.10 Å². The van der Waals surface area contributed by atoms with Crippen molar-refractivity contribution in [2.75, 3.05) is 5.32 Å². The van der Waals surface area contributed by atoms with Crippen molar-refractivity contribution in [3.05, 3.63) is 30.1 Å².